The van der Waals surface area contributed by atoms with Crippen LogP contribution in [-0.4, -0.2) is 58.8 Å². The smallest absolute Gasteiger partial charge is 0.267 e. The van der Waals surface area contributed by atoms with Crippen LogP contribution in [-0.2, 0) is 17.6 Å². The van der Waals surface area contributed by atoms with E-state index in [2.05, 4.69) is 22.5 Å². The lowest BCUT2D eigenvalue weighted by atomic mass is 10.2. The molecular weight excluding hydrogens is 282 g/mol. The van der Waals surface area contributed by atoms with Gasteiger partial charge in [-0.3, -0.25) is 15.0 Å². The Hall–Kier alpha value is -1.73. The molecule has 2 aliphatic rings. The highest BCUT2D eigenvalue weighted by molar-refractivity contribution is 5.79. The SMILES string of the molecule is CC(C(=O)NN1CCN(C)CC1)n1nc2c(cc1=O)CCC2. The van der Waals surface area contributed by atoms with Gasteiger partial charge in [-0.15, -0.1) is 0 Å². The molecule has 7 heteroatoms. The van der Waals surface area contributed by atoms with E-state index in [9.17, 15) is 9.59 Å². The van der Waals surface area contributed by atoms with E-state index in [1.807, 2.05) is 5.01 Å². The number of amides is 1. The highest BCUT2D eigenvalue weighted by atomic mass is 16.2. The standard InChI is InChI=1S/C15H23N5O2/c1-11(15(22)17-19-8-6-18(2)7-9-19)20-14(21)10-12-4-3-5-13(12)16-20/h10-11H,3-9H2,1-2H3,(H,17,22). The minimum Gasteiger partial charge on any atom is -0.304 e. The molecule has 0 radical (unpaired) electrons. The van der Waals surface area contributed by atoms with Gasteiger partial charge in [-0.1, -0.05) is 0 Å². The molecule has 0 saturated carbocycles. The molecule has 0 aromatic carbocycles. The van der Waals surface area contributed by atoms with Gasteiger partial charge < -0.3 is 4.90 Å². The molecule has 1 saturated heterocycles. The van der Waals surface area contributed by atoms with Crippen LogP contribution >= 0.6 is 0 Å². The topological polar surface area (TPSA) is 70.5 Å². The molecular formula is C15H23N5O2. The van der Waals surface area contributed by atoms with Gasteiger partial charge in [0.15, 0.2) is 0 Å². The summed E-state index contributed by atoms with van der Waals surface area (Å²) in [5.74, 6) is -0.183. The van der Waals surface area contributed by atoms with Gasteiger partial charge in [-0.05, 0) is 38.8 Å². The number of nitrogens with one attached hydrogen (secondary N) is 1. The molecule has 1 aromatic rings. The molecule has 1 atom stereocenters. The lowest BCUT2D eigenvalue weighted by Gasteiger charge is -2.33. The van der Waals surface area contributed by atoms with Crippen LogP contribution in [0.2, 0.25) is 0 Å². The summed E-state index contributed by atoms with van der Waals surface area (Å²) < 4.78 is 1.32. The number of hydrogen-bond donors (Lipinski definition) is 1. The Balaban J connectivity index is 1.69. The van der Waals surface area contributed by atoms with E-state index in [1.54, 1.807) is 13.0 Å². The second kappa shape index (κ2) is 6.18. The molecule has 0 bridgehead atoms. The van der Waals surface area contributed by atoms with Crippen molar-refractivity contribution in [3.63, 3.8) is 0 Å². The summed E-state index contributed by atoms with van der Waals surface area (Å²) in [6, 6.07) is 1.03. The molecule has 22 heavy (non-hydrogen) atoms. The molecule has 1 unspecified atom stereocenters. The summed E-state index contributed by atoms with van der Waals surface area (Å²) in [6.45, 7) is 5.15. The molecule has 7 nitrogen and oxygen atoms in total. The number of carbonyl (C=O) groups is 1. The molecule has 1 aromatic heterocycles. The van der Waals surface area contributed by atoms with E-state index >= 15 is 0 Å². The third kappa shape index (κ3) is 3.05. The lowest BCUT2D eigenvalue weighted by Crippen LogP contribution is -2.54. The number of aryl methyl sites for hydroxylation is 2. The van der Waals surface area contributed by atoms with Gasteiger partial charge in [0.05, 0.1) is 5.69 Å². The number of rotatable bonds is 3. The summed E-state index contributed by atoms with van der Waals surface area (Å²) in [5.41, 5.74) is 4.70. The minimum atomic E-state index is -0.599. The Kier molecular flexibility index (Phi) is 4.26. The number of likely N-dealkylation sites (N-methyl/N-ethyl adjacent to an activating group) is 1. The Morgan fingerprint density at radius 1 is 1.27 bits per heavy atom. The zero-order chi connectivity index (χ0) is 15.7. The maximum Gasteiger partial charge on any atom is 0.267 e. The molecule has 1 fully saturated rings. The summed E-state index contributed by atoms with van der Waals surface area (Å²) >= 11 is 0. The molecule has 1 amide bonds. The number of piperazine rings is 1. The van der Waals surface area contributed by atoms with Crippen molar-refractivity contribution in [3.8, 4) is 0 Å². The van der Waals surface area contributed by atoms with Crippen molar-refractivity contribution in [1.82, 2.24) is 25.1 Å². The fourth-order valence-corrected chi connectivity index (χ4v) is 2.97. The fraction of sp³-hybridized carbons (Fsp3) is 0.667. The van der Waals surface area contributed by atoms with Gasteiger partial charge in [-0.2, -0.15) is 5.10 Å². The van der Waals surface area contributed by atoms with E-state index in [1.165, 1.54) is 4.68 Å². The Labute approximate surface area is 129 Å². The number of fused-ring (bicyclic) bond motifs is 1. The number of aromatic nitrogens is 2. The zero-order valence-corrected chi connectivity index (χ0v) is 13.2. The molecule has 0 spiro atoms. The summed E-state index contributed by atoms with van der Waals surface area (Å²) in [5, 5.41) is 6.31. The zero-order valence-electron chi connectivity index (χ0n) is 13.2. The van der Waals surface area contributed by atoms with Crippen LogP contribution in [0.15, 0.2) is 10.9 Å². The highest BCUT2D eigenvalue weighted by Crippen LogP contribution is 2.18. The maximum atomic E-state index is 12.4. The molecule has 1 aliphatic carbocycles. The molecule has 1 N–H and O–H groups in total. The van der Waals surface area contributed by atoms with E-state index < -0.39 is 6.04 Å². The third-order valence-electron chi connectivity index (χ3n) is 4.50. The monoisotopic (exact) mass is 305 g/mol. The second-order valence-corrected chi connectivity index (χ2v) is 6.19. The van der Waals surface area contributed by atoms with Crippen LogP contribution in [0.3, 0.4) is 0 Å². The van der Waals surface area contributed by atoms with E-state index in [-0.39, 0.29) is 11.5 Å². The molecule has 2 heterocycles. The largest absolute Gasteiger partial charge is 0.304 e. The fourth-order valence-electron chi connectivity index (χ4n) is 2.97. The van der Waals surface area contributed by atoms with Crippen molar-refractivity contribution in [2.75, 3.05) is 33.2 Å². The van der Waals surface area contributed by atoms with Gasteiger partial charge >= 0.3 is 0 Å². The van der Waals surface area contributed by atoms with E-state index in [4.69, 9.17) is 0 Å². The quantitative estimate of drug-likeness (QED) is 0.821. The second-order valence-electron chi connectivity index (χ2n) is 6.19. The average molecular weight is 305 g/mol. The van der Waals surface area contributed by atoms with Crippen LogP contribution < -0.4 is 11.0 Å². The number of nitrogens with zero attached hydrogens (tertiary/aromatic N) is 4. The lowest BCUT2D eigenvalue weighted by molar-refractivity contribution is -0.130. The summed E-state index contributed by atoms with van der Waals surface area (Å²) in [7, 11) is 2.07. The van der Waals surface area contributed by atoms with Crippen molar-refractivity contribution in [2.24, 2.45) is 0 Å². The predicted molar refractivity (Wildman–Crippen MR) is 82.4 cm³/mol. The van der Waals surface area contributed by atoms with Crippen LogP contribution in [0, 0.1) is 0 Å². The molecule has 3 rings (SSSR count). The number of carbonyl (C=O) groups excluding carboxylic acids is 1. The normalized spacial score (nSPS) is 20.6. The van der Waals surface area contributed by atoms with E-state index in [0.717, 1.165) is 56.7 Å². The van der Waals surface area contributed by atoms with Crippen LogP contribution in [0.5, 0.6) is 0 Å². The van der Waals surface area contributed by atoms with Crippen LogP contribution in [0.25, 0.3) is 0 Å². The first kappa shape index (κ1) is 15.2. The van der Waals surface area contributed by atoms with Gasteiger partial charge in [0.2, 0.25) is 0 Å². The molecule has 120 valence electrons. The van der Waals surface area contributed by atoms with Gasteiger partial charge in [0.1, 0.15) is 6.04 Å². The van der Waals surface area contributed by atoms with E-state index in [0.29, 0.717) is 0 Å². The number of hydrogen-bond acceptors (Lipinski definition) is 5. The van der Waals surface area contributed by atoms with Crippen LogP contribution in [0.1, 0.15) is 30.6 Å². The third-order valence-corrected chi connectivity index (χ3v) is 4.50. The minimum absolute atomic E-state index is 0.183. The Morgan fingerprint density at radius 3 is 2.73 bits per heavy atom. The highest BCUT2D eigenvalue weighted by Gasteiger charge is 2.23. The average Bonchev–Trinajstić information content (AvgIpc) is 2.95. The Morgan fingerprint density at radius 2 is 2.00 bits per heavy atom. The summed E-state index contributed by atoms with van der Waals surface area (Å²) in [6.07, 6.45) is 2.84. The van der Waals surface area contributed by atoms with Crippen molar-refractivity contribution < 1.29 is 4.79 Å². The first-order valence-electron chi connectivity index (χ1n) is 7.90. The van der Waals surface area contributed by atoms with Crippen molar-refractivity contribution in [3.05, 3.63) is 27.7 Å². The number of hydrazine groups is 1. The van der Waals surface area contributed by atoms with Gasteiger partial charge in [0.25, 0.3) is 11.5 Å². The van der Waals surface area contributed by atoms with Crippen molar-refractivity contribution in [2.45, 2.75) is 32.2 Å². The maximum absolute atomic E-state index is 12.4. The van der Waals surface area contributed by atoms with Crippen LogP contribution in [0.4, 0.5) is 0 Å². The Bertz CT molecular complexity index is 619. The first-order valence-corrected chi connectivity index (χ1v) is 7.90. The predicted octanol–water partition coefficient (Wildman–Crippen LogP) is -0.428. The molecule has 1 aliphatic heterocycles. The first-order chi connectivity index (χ1) is 10.5. The van der Waals surface area contributed by atoms with Gasteiger partial charge in [0, 0.05) is 32.2 Å². The van der Waals surface area contributed by atoms with Crippen molar-refractivity contribution in [1.29, 1.82) is 0 Å². The van der Waals surface area contributed by atoms with Crippen molar-refractivity contribution >= 4 is 5.91 Å². The van der Waals surface area contributed by atoms with Gasteiger partial charge in [-0.25, -0.2) is 9.69 Å². The summed E-state index contributed by atoms with van der Waals surface area (Å²) in [4.78, 5) is 26.8.